The first-order valence-corrected chi connectivity index (χ1v) is 12.9. The maximum Gasteiger partial charge on any atom is 0.326 e. The summed E-state index contributed by atoms with van der Waals surface area (Å²) >= 11 is 0. The summed E-state index contributed by atoms with van der Waals surface area (Å²) in [7, 11) is -3.99. The summed E-state index contributed by atoms with van der Waals surface area (Å²) in [6, 6.07) is 2.92. The molecule has 2 atom stereocenters. The predicted octanol–water partition coefficient (Wildman–Crippen LogP) is 1.02. The minimum Gasteiger partial charge on any atom is -0.480 e. The van der Waals surface area contributed by atoms with Gasteiger partial charge in [-0.1, -0.05) is 6.07 Å². The van der Waals surface area contributed by atoms with Gasteiger partial charge in [-0.15, -0.1) is 0 Å². The van der Waals surface area contributed by atoms with Crippen molar-refractivity contribution in [2.45, 2.75) is 62.2 Å². The molecule has 1 fully saturated rings. The zero-order valence-electron chi connectivity index (χ0n) is 18.8. The van der Waals surface area contributed by atoms with Crippen molar-refractivity contribution in [1.29, 1.82) is 0 Å². The lowest BCUT2D eigenvalue weighted by Crippen LogP contribution is -2.55. The molecule has 0 spiro atoms. The number of nitrogens with one attached hydrogen (secondary N) is 4. The molecule has 0 radical (unpaired) electrons. The van der Waals surface area contributed by atoms with Crippen molar-refractivity contribution >= 4 is 27.8 Å². The van der Waals surface area contributed by atoms with Gasteiger partial charge in [0.2, 0.25) is 15.9 Å². The first-order valence-electron chi connectivity index (χ1n) is 11.5. The number of aromatic nitrogens is 2. The van der Waals surface area contributed by atoms with Crippen molar-refractivity contribution in [1.82, 2.24) is 24.9 Å². The average Bonchev–Trinajstić information content (AvgIpc) is 3.52. The van der Waals surface area contributed by atoms with Crippen LogP contribution in [-0.2, 0) is 32.7 Å². The summed E-state index contributed by atoms with van der Waals surface area (Å²) < 4.78 is 29.0. The van der Waals surface area contributed by atoms with E-state index in [1.165, 1.54) is 11.0 Å². The fourth-order valence-electron chi connectivity index (χ4n) is 4.45. The monoisotopic (exact) mass is 490 g/mol. The number of sulfonamides is 1. The summed E-state index contributed by atoms with van der Waals surface area (Å²) in [6.45, 7) is 2.04. The van der Waals surface area contributed by atoms with E-state index in [9.17, 15) is 23.1 Å². The molecule has 0 bridgehead atoms. The van der Waals surface area contributed by atoms with E-state index in [0.717, 1.165) is 11.1 Å². The van der Waals surface area contributed by atoms with Crippen LogP contribution < -0.4 is 15.4 Å². The molecule has 1 aromatic heterocycles. The number of fused-ring (bicyclic) bond motifs is 1. The number of carboxylic acid groups (broad SMARTS) is 1. The van der Waals surface area contributed by atoms with Crippen LogP contribution in [0.2, 0.25) is 0 Å². The number of nitrogens with zero attached hydrogens (tertiary/aromatic N) is 2. The molecule has 2 aromatic rings. The van der Waals surface area contributed by atoms with Gasteiger partial charge in [0.25, 0.3) is 0 Å². The number of amides is 1. The Hall–Kier alpha value is -2.96. The molecule has 2 aliphatic heterocycles. The van der Waals surface area contributed by atoms with Crippen molar-refractivity contribution in [3.05, 3.63) is 41.7 Å². The average molecular weight is 491 g/mol. The van der Waals surface area contributed by atoms with Gasteiger partial charge < -0.3 is 25.6 Å². The van der Waals surface area contributed by atoms with Gasteiger partial charge in [0.05, 0.1) is 4.90 Å². The van der Waals surface area contributed by atoms with Crippen LogP contribution in [0.15, 0.2) is 35.5 Å². The van der Waals surface area contributed by atoms with Crippen molar-refractivity contribution in [3.8, 4) is 0 Å². The second-order valence-electron chi connectivity index (χ2n) is 8.60. The van der Waals surface area contributed by atoms with Crippen LogP contribution in [0.5, 0.6) is 0 Å². The lowest BCUT2D eigenvalue weighted by molar-refractivity contribution is -0.152. The number of anilines is 1. The third-order valence-electron chi connectivity index (χ3n) is 6.25. The summed E-state index contributed by atoms with van der Waals surface area (Å²) in [6.07, 6.45) is 5.73. The maximum absolute atomic E-state index is 13.4. The van der Waals surface area contributed by atoms with Crippen LogP contribution in [0.4, 0.5) is 5.95 Å². The standard InChI is InChI=1S/C22H30N6O5S/c29-20(28-11-2-1-5-19(28)21(30)31)18(4-3-8-24-22-25-9-10-26-22)27-34(32,33)17-7-6-15-13-23-14-16(15)12-17/h6-7,9-10,12,18-19,23,27H,1-5,8,11,13-14H2,(H,30,31)(H2,24,25,26)/t18-,19?/m0/s1. The van der Waals surface area contributed by atoms with Crippen LogP contribution in [0.1, 0.15) is 43.2 Å². The van der Waals surface area contributed by atoms with Crippen LogP contribution in [0.25, 0.3) is 0 Å². The van der Waals surface area contributed by atoms with Gasteiger partial charge in [-0.3, -0.25) is 4.79 Å². The molecule has 12 heteroatoms. The summed E-state index contributed by atoms with van der Waals surface area (Å²) in [4.78, 5) is 33.6. The third-order valence-corrected chi connectivity index (χ3v) is 7.71. The molecule has 5 N–H and O–H groups in total. The van der Waals surface area contributed by atoms with Crippen molar-refractivity contribution < 1.29 is 23.1 Å². The van der Waals surface area contributed by atoms with Gasteiger partial charge in [-0.25, -0.2) is 18.2 Å². The molecule has 1 unspecified atom stereocenters. The third kappa shape index (κ3) is 5.57. The van der Waals surface area contributed by atoms with Gasteiger partial charge in [0.15, 0.2) is 5.95 Å². The Morgan fingerprint density at radius 1 is 1.24 bits per heavy atom. The SMILES string of the molecule is O=C(O)C1CCCCN1C(=O)[C@H](CCCNc1ncc[nH]1)NS(=O)(=O)c1ccc2c(c1)CNC2. The number of H-pyrrole nitrogens is 1. The summed E-state index contributed by atoms with van der Waals surface area (Å²) in [5.41, 5.74) is 1.96. The second kappa shape index (κ2) is 10.5. The number of rotatable bonds is 10. The molecular formula is C22H30N6O5S. The van der Waals surface area contributed by atoms with Gasteiger partial charge in [0, 0.05) is 38.6 Å². The normalized spacial score (nSPS) is 18.9. The highest BCUT2D eigenvalue weighted by Crippen LogP contribution is 2.23. The largest absolute Gasteiger partial charge is 0.480 e. The Morgan fingerprint density at radius 3 is 2.82 bits per heavy atom. The van der Waals surface area contributed by atoms with E-state index in [1.807, 2.05) is 0 Å². The van der Waals surface area contributed by atoms with E-state index in [0.29, 0.717) is 57.8 Å². The predicted molar refractivity (Wildman–Crippen MR) is 124 cm³/mol. The first-order chi connectivity index (χ1) is 16.3. The lowest BCUT2D eigenvalue weighted by atomic mass is 10.00. The quantitative estimate of drug-likeness (QED) is 0.309. The van der Waals surface area contributed by atoms with Crippen LogP contribution in [0, 0.1) is 0 Å². The summed E-state index contributed by atoms with van der Waals surface area (Å²) in [5, 5.41) is 15.9. The number of hydrogen-bond acceptors (Lipinski definition) is 7. The Balaban J connectivity index is 1.51. The van der Waals surface area contributed by atoms with E-state index in [-0.39, 0.29) is 11.3 Å². The number of benzene rings is 1. The van der Waals surface area contributed by atoms with Crippen LogP contribution in [-0.4, -0.2) is 65.4 Å². The molecule has 11 nitrogen and oxygen atoms in total. The highest BCUT2D eigenvalue weighted by Gasteiger charge is 2.37. The Kier molecular flexibility index (Phi) is 7.49. The Labute approximate surface area is 198 Å². The number of carbonyl (C=O) groups excluding carboxylic acids is 1. The smallest absolute Gasteiger partial charge is 0.326 e. The van der Waals surface area contributed by atoms with Gasteiger partial charge in [-0.05, 0) is 55.4 Å². The zero-order valence-corrected chi connectivity index (χ0v) is 19.6. The summed E-state index contributed by atoms with van der Waals surface area (Å²) in [5.74, 6) is -0.992. The number of aliphatic carboxylic acids is 1. The van der Waals surface area contributed by atoms with Gasteiger partial charge >= 0.3 is 5.97 Å². The molecule has 1 amide bonds. The van der Waals surface area contributed by atoms with Crippen molar-refractivity contribution in [2.24, 2.45) is 0 Å². The molecule has 2 aliphatic rings. The fraction of sp³-hybridized carbons (Fsp3) is 0.500. The number of carboxylic acids is 1. The molecule has 4 rings (SSSR count). The first kappa shape index (κ1) is 24.2. The number of aromatic amines is 1. The van der Waals surface area contributed by atoms with Crippen molar-refractivity contribution in [3.63, 3.8) is 0 Å². The minimum absolute atomic E-state index is 0.0925. The van der Waals surface area contributed by atoms with E-state index in [4.69, 9.17) is 0 Å². The van der Waals surface area contributed by atoms with Crippen molar-refractivity contribution in [2.75, 3.05) is 18.4 Å². The van der Waals surface area contributed by atoms with E-state index in [2.05, 4.69) is 25.3 Å². The molecule has 3 heterocycles. The van der Waals surface area contributed by atoms with Gasteiger partial charge in [0.1, 0.15) is 12.1 Å². The van der Waals surface area contributed by atoms with E-state index >= 15 is 0 Å². The molecule has 0 aliphatic carbocycles. The number of piperidine rings is 1. The number of likely N-dealkylation sites (tertiary alicyclic amines) is 1. The van der Waals surface area contributed by atoms with Crippen LogP contribution in [0.3, 0.4) is 0 Å². The highest BCUT2D eigenvalue weighted by molar-refractivity contribution is 7.89. The van der Waals surface area contributed by atoms with E-state index < -0.39 is 34.0 Å². The number of carbonyl (C=O) groups is 2. The number of hydrogen-bond donors (Lipinski definition) is 5. The highest BCUT2D eigenvalue weighted by atomic mass is 32.2. The Morgan fingerprint density at radius 2 is 2.06 bits per heavy atom. The molecule has 1 aromatic carbocycles. The van der Waals surface area contributed by atoms with E-state index in [1.54, 1.807) is 24.5 Å². The second-order valence-corrected chi connectivity index (χ2v) is 10.3. The number of imidazole rings is 1. The molecule has 0 saturated carbocycles. The molecule has 184 valence electrons. The molecule has 34 heavy (non-hydrogen) atoms. The maximum atomic E-state index is 13.4. The fourth-order valence-corrected chi connectivity index (χ4v) is 5.73. The lowest BCUT2D eigenvalue weighted by Gasteiger charge is -2.35. The van der Waals surface area contributed by atoms with Crippen LogP contribution >= 0.6 is 0 Å². The molecular weight excluding hydrogens is 460 g/mol. The topological polar surface area (TPSA) is 157 Å². The Bertz CT molecular complexity index is 1120. The molecule has 1 saturated heterocycles. The zero-order chi connectivity index (χ0) is 24.1. The van der Waals surface area contributed by atoms with Gasteiger partial charge in [-0.2, -0.15) is 4.72 Å². The minimum atomic E-state index is -3.99.